The van der Waals surface area contributed by atoms with Crippen LogP contribution in [0.2, 0.25) is 0 Å². The van der Waals surface area contributed by atoms with Crippen LogP contribution >= 0.6 is 11.3 Å². The molecular weight excluding hydrogens is 208 g/mol. The van der Waals surface area contributed by atoms with Gasteiger partial charge in [-0.25, -0.2) is 4.79 Å². The highest BCUT2D eigenvalue weighted by Gasteiger charge is 2.07. The van der Waals surface area contributed by atoms with E-state index in [4.69, 9.17) is 0 Å². The first-order valence-corrected chi connectivity index (χ1v) is 5.50. The number of allylic oxidation sites excluding steroid dienone is 1. The van der Waals surface area contributed by atoms with Crippen LogP contribution in [0, 0.1) is 0 Å². The fourth-order valence-corrected chi connectivity index (χ4v) is 2.26. The zero-order valence-electron chi connectivity index (χ0n) is 8.95. The summed E-state index contributed by atoms with van der Waals surface area (Å²) in [5.41, 5.74) is 0. The molecule has 3 heteroatoms. The van der Waals surface area contributed by atoms with Gasteiger partial charge < -0.3 is 4.74 Å². The molecule has 0 aliphatic carbocycles. The third-order valence-corrected chi connectivity index (χ3v) is 3.09. The summed E-state index contributed by atoms with van der Waals surface area (Å²) in [4.78, 5) is 11.9. The predicted octanol–water partition coefficient (Wildman–Crippen LogP) is 1.69. The van der Waals surface area contributed by atoms with Crippen LogP contribution in [0.4, 0.5) is 0 Å². The zero-order valence-corrected chi connectivity index (χ0v) is 9.76. The van der Waals surface area contributed by atoms with Gasteiger partial charge >= 0.3 is 5.97 Å². The minimum atomic E-state index is -0.277. The Balaban J connectivity index is 3.23. The van der Waals surface area contributed by atoms with Gasteiger partial charge in [0.2, 0.25) is 0 Å². The molecule has 0 saturated carbocycles. The molecule has 80 valence electrons. The van der Waals surface area contributed by atoms with Crippen LogP contribution in [-0.4, -0.2) is 13.1 Å². The van der Waals surface area contributed by atoms with Crippen LogP contribution in [0.15, 0.2) is 18.7 Å². The predicted molar refractivity (Wildman–Crippen MR) is 64.3 cm³/mol. The van der Waals surface area contributed by atoms with Crippen molar-refractivity contribution < 1.29 is 9.53 Å². The third kappa shape index (κ3) is 2.80. The van der Waals surface area contributed by atoms with Crippen LogP contribution in [0.3, 0.4) is 0 Å². The minimum Gasteiger partial charge on any atom is -0.465 e. The molecule has 0 aliphatic heterocycles. The monoisotopic (exact) mass is 222 g/mol. The molecule has 0 N–H and O–H groups in total. The van der Waals surface area contributed by atoms with Crippen molar-refractivity contribution in [2.75, 3.05) is 7.11 Å². The largest absolute Gasteiger partial charge is 0.465 e. The Labute approximate surface area is 93.2 Å². The minimum absolute atomic E-state index is 0.277. The zero-order chi connectivity index (χ0) is 11.3. The third-order valence-electron chi connectivity index (χ3n) is 1.96. The molecule has 0 fully saturated rings. The fraction of sp³-hybridized carbons (Fsp3) is 0.250. The van der Waals surface area contributed by atoms with Crippen molar-refractivity contribution in [2.45, 2.75) is 13.3 Å². The highest BCUT2D eigenvalue weighted by Crippen LogP contribution is 2.02. The second-order valence-electron chi connectivity index (χ2n) is 2.94. The van der Waals surface area contributed by atoms with E-state index >= 15 is 0 Å². The van der Waals surface area contributed by atoms with Gasteiger partial charge in [0.15, 0.2) is 0 Å². The Hall–Kier alpha value is -1.35. The molecule has 0 saturated heterocycles. The first-order chi connectivity index (χ1) is 7.22. The van der Waals surface area contributed by atoms with E-state index in [1.807, 2.05) is 25.1 Å². The standard InChI is InChI=1S/C12H14O2S/c1-4-6-7-10-9(5-2)8-11(15-10)12(13)14-3/h4-5,7-8H,1,6H2,2-3H3/b9-5-,10-7+. The molecule has 0 unspecified atom stereocenters. The summed E-state index contributed by atoms with van der Waals surface area (Å²) in [6.45, 7) is 5.61. The lowest BCUT2D eigenvalue weighted by Crippen LogP contribution is -2.16. The lowest BCUT2D eigenvalue weighted by Gasteiger charge is -1.90. The van der Waals surface area contributed by atoms with E-state index in [9.17, 15) is 4.79 Å². The average molecular weight is 222 g/mol. The van der Waals surface area contributed by atoms with Gasteiger partial charge in [-0.05, 0) is 24.6 Å². The van der Waals surface area contributed by atoms with Gasteiger partial charge in [-0.1, -0.05) is 18.2 Å². The second kappa shape index (κ2) is 5.51. The summed E-state index contributed by atoms with van der Waals surface area (Å²) >= 11 is 1.45. The normalized spacial score (nSPS) is 12.9. The van der Waals surface area contributed by atoms with Gasteiger partial charge in [0.25, 0.3) is 0 Å². The maximum absolute atomic E-state index is 11.3. The van der Waals surface area contributed by atoms with Crippen LogP contribution in [0.1, 0.15) is 23.0 Å². The van der Waals surface area contributed by atoms with Gasteiger partial charge in [0.1, 0.15) is 4.88 Å². The van der Waals surface area contributed by atoms with Gasteiger partial charge in [0.05, 0.1) is 7.11 Å². The van der Waals surface area contributed by atoms with Crippen molar-refractivity contribution in [3.05, 3.63) is 33.3 Å². The Morgan fingerprint density at radius 2 is 2.40 bits per heavy atom. The Bertz CT molecular complexity index is 468. The summed E-state index contributed by atoms with van der Waals surface area (Å²) in [7, 11) is 1.39. The number of carbonyl (C=O) groups excluding carboxylic acids is 1. The van der Waals surface area contributed by atoms with Crippen molar-refractivity contribution in [1.29, 1.82) is 0 Å². The van der Waals surface area contributed by atoms with E-state index in [1.54, 1.807) is 0 Å². The Kier molecular flexibility index (Phi) is 4.31. The van der Waals surface area contributed by atoms with Crippen molar-refractivity contribution in [1.82, 2.24) is 0 Å². The lowest BCUT2D eigenvalue weighted by molar-refractivity contribution is 0.0606. The Morgan fingerprint density at radius 1 is 1.67 bits per heavy atom. The van der Waals surface area contributed by atoms with Crippen molar-refractivity contribution in [2.24, 2.45) is 0 Å². The number of hydrogen-bond donors (Lipinski definition) is 0. The van der Waals surface area contributed by atoms with E-state index in [2.05, 4.69) is 17.4 Å². The van der Waals surface area contributed by atoms with Crippen LogP contribution in [-0.2, 0) is 4.74 Å². The SMILES string of the molecule is C=CC/C=c1/sc(C(=O)OC)c/c1=C/C. The molecule has 1 aromatic rings. The number of thiophene rings is 1. The summed E-state index contributed by atoms with van der Waals surface area (Å²) in [5.74, 6) is -0.277. The molecule has 0 aliphatic rings. The molecule has 1 aromatic heterocycles. The van der Waals surface area contributed by atoms with E-state index in [1.165, 1.54) is 18.4 Å². The summed E-state index contributed by atoms with van der Waals surface area (Å²) in [5, 5.41) is 1.07. The molecular formula is C12H14O2S. The maximum Gasteiger partial charge on any atom is 0.348 e. The summed E-state index contributed by atoms with van der Waals surface area (Å²) < 4.78 is 5.77. The lowest BCUT2D eigenvalue weighted by atomic mass is 10.3. The maximum atomic E-state index is 11.3. The summed E-state index contributed by atoms with van der Waals surface area (Å²) in [6.07, 6.45) is 6.68. The second-order valence-corrected chi connectivity index (χ2v) is 4.02. The first kappa shape index (κ1) is 11.7. The van der Waals surface area contributed by atoms with E-state index in [-0.39, 0.29) is 5.97 Å². The molecule has 0 radical (unpaired) electrons. The molecule has 0 atom stereocenters. The van der Waals surface area contributed by atoms with Crippen LogP contribution in [0.25, 0.3) is 12.2 Å². The van der Waals surface area contributed by atoms with Crippen molar-refractivity contribution >= 4 is 29.5 Å². The number of hydrogen-bond acceptors (Lipinski definition) is 3. The molecule has 15 heavy (non-hydrogen) atoms. The fourth-order valence-electron chi connectivity index (χ4n) is 1.20. The van der Waals surface area contributed by atoms with Gasteiger partial charge in [-0.3, -0.25) is 0 Å². The molecule has 0 aromatic carbocycles. The topological polar surface area (TPSA) is 26.3 Å². The van der Waals surface area contributed by atoms with Crippen LogP contribution in [0.5, 0.6) is 0 Å². The average Bonchev–Trinajstić information content (AvgIpc) is 2.68. The van der Waals surface area contributed by atoms with Gasteiger partial charge in [0, 0.05) is 4.53 Å². The molecule has 2 nitrogen and oxygen atoms in total. The van der Waals surface area contributed by atoms with Crippen molar-refractivity contribution in [3.63, 3.8) is 0 Å². The number of ether oxygens (including phenoxy) is 1. The molecule has 0 bridgehead atoms. The molecule has 0 amide bonds. The van der Waals surface area contributed by atoms with Gasteiger partial charge in [-0.15, -0.1) is 17.9 Å². The van der Waals surface area contributed by atoms with E-state index in [0.29, 0.717) is 4.88 Å². The van der Waals surface area contributed by atoms with E-state index in [0.717, 1.165) is 16.2 Å². The molecule has 0 spiro atoms. The van der Waals surface area contributed by atoms with Crippen molar-refractivity contribution in [3.8, 4) is 0 Å². The molecule has 1 heterocycles. The van der Waals surface area contributed by atoms with Crippen LogP contribution < -0.4 is 9.75 Å². The quantitative estimate of drug-likeness (QED) is 0.574. The molecule has 1 rings (SSSR count). The van der Waals surface area contributed by atoms with E-state index < -0.39 is 0 Å². The first-order valence-electron chi connectivity index (χ1n) is 4.68. The number of rotatable bonds is 3. The highest BCUT2D eigenvalue weighted by atomic mass is 32.1. The Morgan fingerprint density at radius 3 is 2.93 bits per heavy atom. The number of carbonyl (C=O) groups is 1. The number of methoxy groups -OCH3 is 1. The number of esters is 1. The smallest absolute Gasteiger partial charge is 0.348 e. The summed E-state index contributed by atoms with van der Waals surface area (Å²) in [6, 6.07) is 1.85. The van der Waals surface area contributed by atoms with Gasteiger partial charge in [-0.2, -0.15) is 0 Å². The highest BCUT2D eigenvalue weighted by molar-refractivity contribution is 7.11.